The van der Waals surface area contributed by atoms with Crippen molar-refractivity contribution < 1.29 is 24.5 Å². The number of ether oxygens (including phenoxy) is 1. The number of aliphatic carboxylic acids is 1. The summed E-state index contributed by atoms with van der Waals surface area (Å²) < 4.78 is 5.30. The molecule has 1 rings (SSSR count). The second kappa shape index (κ2) is 5.83. The first-order valence-corrected chi connectivity index (χ1v) is 5.47. The summed E-state index contributed by atoms with van der Waals surface area (Å²) in [4.78, 5) is 21.6. The minimum Gasteiger partial charge on any atom is -0.479 e. The predicted octanol–water partition coefficient (Wildman–Crippen LogP) is -0.700. The number of nitrogens with one attached hydrogen (secondary N) is 2. The highest BCUT2D eigenvalue weighted by Gasteiger charge is 2.37. The van der Waals surface area contributed by atoms with Gasteiger partial charge in [0.25, 0.3) is 0 Å². The minimum atomic E-state index is -1.58. The standard InChI is InChI=1S/C10H18N2O5/c1-17-10(3-2-4-10)6-12-9(16)11-5-7(13)8(14)15/h7,13H,2-6H2,1H3,(H,14,15)(H2,11,12,16)/t7-/m0/s1. The van der Waals surface area contributed by atoms with E-state index in [-0.39, 0.29) is 12.1 Å². The molecule has 1 aliphatic rings. The van der Waals surface area contributed by atoms with E-state index < -0.39 is 18.1 Å². The van der Waals surface area contributed by atoms with Crippen LogP contribution in [0.2, 0.25) is 0 Å². The van der Waals surface area contributed by atoms with Crippen molar-refractivity contribution in [2.45, 2.75) is 31.0 Å². The van der Waals surface area contributed by atoms with Crippen molar-refractivity contribution in [3.63, 3.8) is 0 Å². The highest BCUT2D eigenvalue weighted by Crippen LogP contribution is 2.34. The molecular weight excluding hydrogens is 228 g/mol. The number of amides is 2. The van der Waals surface area contributed by atoms with Gasteiger partial charge in [0.15, 0.2) is 6.10 Å². The Morgan fingerprint density at radius 3 is 2.47 bits per heavy atom. The van der Waals surface area contributed by atoms with Crippen LogP contribution in [0.3, 0.4) is 0 Å². The number of methoxy groups -OCH3 is 1. The molecule has 98 valence electrons. The Morgan fingerprint density at radius 2 is 2.06 bits per heavy atom. The fraction of sp³-hybridized carbons (Fsp3) is 0.800. The average molecular weight is 246 g/mol. The number of hydrogen-bond acceptors (Lipinski definition) is 4. The Morgan fingerprint density at radius 1 is 1.41 bits per heavy atom. The second-order valence-electron chi connectivity index (χ2n) is 4.16. The van der Waals surface area contributed by atoms with Gasteiger partial charge in [-0.2, -0.15) is 0 Å². The van der Waals surface area contributed by atoms with Crippen LogP contribution >= 0.6 is 0 Å². The van der Waals surface area contributed by atoms with Gasteiger partial charge >= 0.3 is 12.0 Å². The first kappa shape index (κ1) is 13.7. The van der Waals surface area contributed by atoms with Gasteiger partial charge in [0.2, 0.25) is 0 Å². The maximum Gasteiger partial charge on any atom is 0.334 e. The summed E-state index contributed by atoms with van der Waals surface area (Å²) in [7, 11) is 1.60. The molecule has 0 unspecified atom stereocenters. The van der Waals surface area contributed by atoms with E-state index in [1.807, 2.05) is 0 Å². The first-order valence-electron chi connectivity index (χ1n) is 5.47. The van der Waals surface area contributed by atoms with E-state index in [4.69, 9.17) is 14.9 Å². The lowest BCUT2D eigenvalue weighted by molar-refractivity contribution is -0.146. The van der Waals surface area contributed by atoms with E-state index in [1.165, 1.54) is 0 Å². The maximum absolute atomic E-state index is 11.3. The summed E-state index contributed by atoms with van der Waals surface area (Å²) in [6.45, 7) is 0.0691. The molecule has 0 aromatic carbocycles. The summed E-state index contributed by atoms with van der Waals surface area (Å²) in [6.07, 6.45) is 1.30. The SMILES string of the molecule is COC1(CNC(=O)NC[C@H](O)C(=O)O)CCC1. The normalized spacial score (nSPS) is 18.9. The van der Waals surface area contributed by atoms with Crippen LogP contribution < -0.4 is 10.6 Å². The van der Waals surface area contributed by atoms with Crippen molar-refractivity contribution >= 4 is 12.0 Å². The lowest BCUT2D eigenvalue weighted by atomic mass is 9.80. The minimum absolute atomic E-state index is 0.275. The molecule has 4 N–H and O–H groups in total. The largest absolute Gasteiger partial charge is 0.479 e. The van der Waals surface area contributed by atoms with Gasteiger partial charge < -0.3 is 25.6 Å². The summed E-state index contributed by atoms with van der Waals surface area (Å²) in [5, 5.41) is 22.2. The van der Waals surface area contributed by atoms with Crippen molar-refractivity contribution in [2.24, 2.45) is 0 Å². The van der Waals surface area contributed by atoms with Crippen molar-refractivity contribution in [3.8, 4) is 0 Å². The molecule has 1 fully saturated rings. The number of aliphatic hydroxyl groups excluding tert-OH is 1. The molecule has 1 aliphatic carbocycles. The van der Waals surface area contributed by atoms with Crippen molar-refractivity contribution in [1.29, 1.82) is 0 Å². The van der Waals surface area contributed by atoms with Crippen molar-refractivity contribution in [1.82, 2.24) is 10.6 Å². The van der Waals surface area contributed by atoms with Crippen LogP contribution in [0.5, 0.6) is 0 Å². The molecule has 0 aromatic heterocycles. The summed E-state index contributed by atoms with van der Waals surface area (Å²) in [5.74, 6) is -1.36. The third kappa shape index (κ3) is 3.86. The molecule has 0 spiro atoms. The Hall–Kier alpha value is -1.34. The van der Waals surface area contributed by atoms with Crippen LogP contribution in [0.15, 0.2) is 0 Å². The van der Waals surface area contributed by atoms with Gasteiger partial charge in [-0.05, 0) is 19.3 Å². The van der Waals surface area contributed by atoms with Gasteiger partial charge in [0.05, 0.1) is 12.1 Å². The van der Waals surface area contributed by atoms with Crippen LogP contribution in [-0.4, -0.2) is 54.1 Å². The van der Waals surface area contributed by atoms with E-state index in [9.17, 15) is 9.59 Å². The fourth-order valence-corrected chi connectivity index (χ4v) is 1.60. The number of hydrogen-bond donors (Lipinski definition) is 4. The molecule has 0 saturated heterocycles. The first-order chi connectivity index (χ1) is 7.99. The van der Waals surface area contributed by atoms with E-state index in [1.54, 1.807) is 7.11 Å². The van der Waals surface area contributed by atoms with E-state index in [0.29, 0.717) is 6.54 Å². The number of rotatable bonds is 6. The van der Waals surface area contributed by atoms with Gasteiger partial charge in [-0.3, -0.25) is 0 Å². The van der Waals surface area contributed by atoms with Gasteiger partial charge in [-0.1, -0.05) is 0 Å². The van der Waals surface area contributed by atoms with Crippen molar-refractivity contribution in [2.75, 3.05) is 20.2 Å². The third-order valence-electron chi connectivity index (χ3n) is 3.01. The zero-order chi connectivity index (χ0) is 12.9. The molecule has 0 bridgehead atoms. The van der Waals surface area contributed by atoms with Crippen molar-refractivity contribution in [3.05, 3.63) is 0 Å². The van der Waals surface area contributed by atoms with Crippen LogP contribution in [0.25, 0.3) is 0 Å². The Labute approximate surface area is 99.1 Å². The number of carbonyl (C=O) groups excluding carboxylic acids is 1. The number of carbonyl (C=O) groups is 2. The van der Waals surface area contributed by atoms with Gasteiger partial charge in [-0.15, -0.1) is 0 Å². The number of urea groups is 1. The molecule has 1 atom stereocenters. The Bertz CT molecular complexity index is 285. The van der Waals surface area contributed by atoms with Gasteiger partial charge in [-0.25, -0.2) is 9.59 Å². The molecule has 7 nitrogen and oxygen atoms in total. The summed E-state index contributed by atoms with van der Waals surface area (Å²) >= 11 is 0. The molecule has 0 aliphatic heterocycles. The zero-order valence-corrected chi connectivity index (χ0v) is 9.73. The number of aliphatic hydroxyl groups is 1. The highest BCUT2D eigenvalue weighted by atomic mass is 16.5. The topological polar surface area (TPSA) is 108 Å². The van der Waals surface area contributed by atoms with Crippen LogP contribution in [-0.2, 0) is 9.53 Å². The molecule has 0 radical (unpaired) electrons. The molecule has 17 heavy (non-hydrogen) atoms. The highest BCUT2D eigenvalue weighted by molar-refractivity contribution is 5.76. The number of carboxylic acid groups (broad SMARTS) is 1. The van der Waals surface area contributed by atoms with Crippen LogP contribution in [0.4, 0.5) is 4.79 Å². The summed E-state index contributed by atoms with van der Waals surface area (Å²) in [5.41, 5.74) is -0.275. The zero-order valence-electron chi connectivity index (χ0n) is 9.73. The van der Waals surface area contributed by atoms with Crippen LogP contribution in [0, 0.1) is 0 Å². The smallest absolute Gasteiger partial charge is 0.334 e. The Balaban J connectivity index is 2.19. The lowest BCUT2D eigenvalue weighted by Crippen LogP contribution is -2.52. The van der Waals surface area contributed by atoms with Gasteiger partial charge in [0.1, 0.15) is 0 Å². The van der Waals surface area contributed by atoms with Crippen LogP contribution in [0.1, 0.15) is 19.3 Å². The summed E-state index contributed by atoms with van der Waals surface area (Å²) in [6, 6.07) is -0.506. The van der Waals surface area contributed by atoms with E-state index >= 15 is 0 Å². The quantitative estimate of drug-likeness (QED) is 0.495. The molecule has 1 saturated carbocycles. The van der Waals surface area contributed by atoms with E-state index in [2.05, 4.69) is 10.6 Å². The second-order valence-corrected chi connectivity index (χ2v) is 4.16. The fourth-order valence-electron chi connectivity index (χ4n) is 1.60. The maximum atomic E-state index is 11.3. The third-order valence-corrected chi connectivity index (χ3v) is 3.01. The monoisotopic (exact) mass is 246 g/mol. The molecule has 0 aromatic rings. The Kier molecular flexibility index (Phi) is 4.71. The van der Waals surface area contributed by atoms with E-state index in [0.717, 1.165) is 19.3 Å². The molecule has 2 amide bonds. The molecule has 0 heterocycles. The molecule has 7 heteroatoms. The predicted molar refractivity (Wildman–Crippen MR) is 58.6 cm³/mol. The number of carboxylic acids is 1. The average Bonchev–Trinajstić information content (AvgIpc) is 2.24. The lowest BCUT2D eigenvalue weighted by Gasteiger charge is -2.40. The van der Waals surface area contributed by atoms with Gasteiger partial charge in [0, 0.05) is 13.7 Å². The molecular formula is C10H18N2O5.